The number of nitrogens with zero attached hydrogens (tertiary/aromatic N) is 1. The van der Waals surface area contributed by atoms with Crippen LogP contribution in [0, 0.1) is 18.3 Å². The van der Waals surface area contributed by atoms with Crippen molar-refractivity contribution in [1.82, 2.24) is 4.90 Å². The first-order valence-corrected chi connectivity index (χ1v) is 6.37. The van der Waals surface area contributed by atoms with Crippen molar-refractivity contribution < 1.29 is 18.3 Å². The van der Waals surface area contributed by atoms with Gasteiger partial charge in [0.05, 0.1) is 6.54 Å². The van der Waals surface area contributed by atoms with Gasteiger partial charge in [-0.2, -0.15) is 8.78 Å². The highest BCUT2D eigenvalue weighted by Crippen LogP contribution is 2.30. The van der Waals surface area contributed by atoms with Crippen molar-refractivity contribution in [2.45, 2.75) is 19.5 Å². The summed E-state index contributed by atoms with van der Waals surface area (Å²) in [7, 11) is 0. The first kappa shape index (κ1) is 14.3. The Morgan fingerprint density at radius 2 is 2.25 bits per heavy atom. The van der Waals surface area contributed by atoms with Crippen LogP contribution in [0.3, 0.4) is 0 Å². The Morgan fingerprint density at radius 1 is 1.50 bits per heavy atom. The third-order valence-corrected chi connectivity index (χ3v) is 3.05. The maximum absolute atomic E-state index is 12.3. The van der Waals surface area contributed by atoms with Crippen molar-refractivity contribution in [3.8, 4) is 18.1 Å². The molecule has 5 heteroatoms. The van der Waals surface area contributed by atoms with Gasteiger partial charge < -0.3 is 9.64 Å². The molecular formula is C15H15F2NO2. The number of hydrogen-bond donors (Lipinski definition) is 0. The molecule has 1 aliphatic carbocycles. The first-order valence-electron chi connectivity index (χ1n) is 6.37. The SMILES string of the molecule is C#CCN(CC1CC1)C(=O)c1cccc(OC(F)F)c1. The van der Waals surface area contributed by atoms with E-state index in [-0.39, 0.29) is 18.2 Å². The summed E-state index contributed by atoms with van der Waals surface area (Å²) in [5.74, 6) is 2.67. The van der Waals surface area contributed by atoms with Crippen LogP contribution >= 0.6 is 0 Å². The van der Waals surface area contributed by atoms with E-state index in [0.29, 0.717) is 18.0 Å². The first-order chi connectivity index (χ1) is 9.60. The molecule has 0 unspecified atom stereocenters. The smallest absolute Gasteiger partial charge is 0.387 e. The van der Waals surface area contributed by atoms with Gasteiger partial charge in [-0.05, 0) is 37.0 Å². The fraction of sp³-hybridized carbons (Fsp3) is 0.400. The van der Waals surface area contributed by atoms with E-state index in [1.54, 1.807) is 11.0 Å². The Kier molecular flexibility index (Phi) is 4.57. The summed E-state index contributed by atoms with van der Waals surface area (Å²) in [6, 6.07) is 5.77. The standard InChI is InChI=1S/C15H15F2NO2/c1-2-8-18(10-11-6-7-11)14(19)12-4-3-5-13(9-12)20-15(16)17/h1,3-5,9,11,15H,6-8,10H2. The van der Waals surface area contributed by atoms with Gasteiger partial charge >= 0.3 is 6.61 Å². The van der Waals surface area contributed by atoms with Crippen LogP contribution in [-0.4, -0.2) is 30.5 Å². The number of carbonyl (C=O) groups excluding carboxylic acids is 1. The second-order valence-corrected chi connectivity index (χ2v) is 4.74. The highest BCUT2D eigenvalue weighted by molar-refractivity contribution is 5.94. The molecule has 0 N–H and O–H groups in total. The fourth-order valence-corrected chi connectivity index (χ4v) is 1.93. The largest absolute Gasteiger partial charge is 0.435 e. The predicted octanol–water partition coefficient (Wildman–Crippen LogP) is 2.77. The summed E-state index contributed by atoms with van der Waals surface area (Å²) in [4.78, 5) is 13.9. The minimum absolute atomic E-state index is 0.0297. The van der Waals surface area contributed by atoms with Crippen LogP contribution in [0.4, 0.5) is 8.78 Å². The Balaban J connectivity index is 2.11. The fourth-order valence-electron chi connectivity index (χ4n) is 1.93. The Labute approximate surface area is 116 Å². The average Bonchev–Trinajstić information content (AvgIpc) is 3.21. The van der Waals surface area contributed by atoms with E-state index >= 15 is 0 Å². The van der Waals surface area contributed by atoms with Crippen LogP contribution in [0.25, 0.3) is 0 Å². The maximum atomic E-state index is 12.3. The van der Waals surface area contributed by atoms with E-state index in [1.807, 2.05) is 0 Å². The van der Waals surface area contributed by atoms with Crippen LogP contribution in [-0.2, 0) is 0 Å². The molecule has 1 saturated carbocycles. The van der Waals surface area contributed by atoms with Crippen LogP contribution in [0.2, 0.25) is 0 Å². The Bertz CT molecular complexity index is 521. The highest BCUT2D eigenvalue weighted by Gasteiger charge is 2.27. The molecule has 0 saturated heterocycles. The van der Waals surface area contributed by atoms with Gasteiger partial charge in [-0.15, -0.1) is 6.42 Å². The lowest BCUT2D eigenvalue weighted by Gasteiger charge is -2.20. The average molecular weight is 279 g/mol. The van der Waals surface area contributed by atoms with Crippen molar-refractivity contribution in [3.63, 3.8) is 0 Å². The molecule has 1 amide bonds. The van der Waals surface area contributed by atoms with Crippen molar-refractivity contribution in [1.29, 1.82) is 0 Å². The number of alkyl halides is 2. The van der Waals surface area contributed by atoms with Gasteiger partial charge in [0.25, 0.3) is 5.91 Å². The van der Waals surface area contributed by atoms with Gasteiger partial charge in [0, 0.05) is 12.1 Å². The molecule has 106 valence electrons. The molecule has 0 aromatic heterocycles. The van der Waals surface area contributed by atoms with Crippen LogP contribution in [0.15, 0.2) is 24.3 Å². The number of hydrogen-bond acceptors (Lipinski definition) is 2. The lowest BCUT2D eigenvalue weighted by atomic mass is 10.2. The lowest BCUT2D eigenvalue weighted by Crippen LogP contribution is -2.33. The zero-order valence-electron chi connectivity index (χ0n) is 10.9. The quantitative estimate of drug-likeness (QED) is 0.749. The minimum atomic E-state index is -2.91. The lowest BCUT2D eigenvalue weighted by molar-refractivity contribution is -0.0499. The number of benzene rings is 1. The van der Waals surface area contributed by atoms with Gasteiger partial charge in [-0.1, -0.05) is 12.0 Å². The number of amides is 1. The minimum Gasteiger partial charge on any atom is -0.435 e. The van der Waals surface area contributed by atoms with E-state index in [9.17, 15) is 13.6 Å². The number of terminal acetylenes is 1. The third-order valence-electron chi connectivity index (χ3n) is 3.05. The van der Waals surface area contributed by atoms with Gasteiger partial charge in [0.2, 0.25) is 0 Å². The summed E-state index contributed by atoms with van der Waals surface area (Å²) in [5, 5.41) is 0. The highest BCUT2D eigenvalue weighted by atomic mass is 19.3. The predicted molar refractivity (Wildman–Crippen MR) is 70.5 cm³/mol. The van der Waals surface area contributed by atoms with Gasteiger partial charge in [-0.25, -0.2) is 0 Å². The second kappa shape index (κ2) is 6.38. The molecule has 3 nitrogen and oxygen atoms in total. The summed E-state index contributed by atoms with van der Waals surface area (Å²) in [6.45, 7) is -2.08. The molecule has 2 rings (SSSR count). The molecule has 1 aliphatic rings. The summed E-state index contributed by atoms with van der Waals surface area (Å²) < 4.78 is 28.6. The van der Waals surface area contributed by atoms with E-state index in [4.69, 9.17) is 6.42 Å². The zero-order valence-corrected chi connectivity index (χ0v) is 10.9. The van der Waals surface area contributed by atoms with Crippen molar-refractivity contribution >= 4 is 5.91 Å². The molecule has 0 aliphatic heterocycles. The van der Waals surface area contributed by atoms with Gasteiger partial charge in [-0.3, -0.25) is 4.79 Å². The molecule has 0 heterocycles. The molecule has 1 aromatic carbocycles. The van der Waals surface area contributed by atoms with Gasteiger partial charge in [0.1, 0.15) is 5.75 Å². The second-order valence-electron chi connectivity index (χ2n) is 4.74. The zero-order chi connectivity index (χ0) is 14.5. The van der Waals surface area contributed by atoms with E-state index in [1.165, 1.54) is 18.2 Å². The van der Waals surface area contributed by atoms with Crippen LogP contribution in [0.1, 0.15) is 23.2 Å². The van der Waals surface area contributed by atoms with Crippen LogP contribution < -0.4 is 4.74 Å². The molecule has 0 bridgehead atoms. The van der Waals surface area contributed by atoms with Crippen LogP contribution in [0.5, 0.6) is 5.75 Å². The summed E-state index contributed by atoms with van der Waals surface area (Å²) in [6.07, 6.45) is 7.47. The van der Waals surface area contributed by atoms with E-state index < -0.39 is 6.61 Å². The van der Waals surface area contributed by atoms with Gasteiger partial charge in [0.15, 0.2) is 0 Å². The molecule has 1 aromatic rings. The van der Waals surface area contributed by atoms with E-state index in [0.717, 1.165) is 12.8 Å². The van der Waals surface area contributed by atoms with Crippen molar-refractivity contribution in [3.05, 3.63) is 29.8 Å². The number of carbonyl (C=O) groups is 1. The molecular weight excluding hydrogens is 264 g/mol. The van der Waals surface area contributed by atoms with E-state index in [2.05, 4.69) is 10.7 Å². The van der Waals surface area contributed by atoms with Crippen molar-refractivity contribution in [2.24, 2.45) is 5.92 Å². The Morgan fingerprint density at radius 3 is 2.85 bits per heavy atom. The Hall–Kier alpha value is -2.09. The third kappa shape index (κ3) is 3.95. The number of rotatable bonds is 6. The normalized spacial score (nSPS) is 13.9. The molecule has 0 radical (unpaired) electrons. The maximum Gasteiger partial charge on any atom is 0.387 e. The molecule has 20 heavy (non-hydrogen) atoms. The monoisotopic (exact) mass is 279 g/mol. The molecule has 1 fully saturated rings. The summed E-state index contributed by atoms with van der Waals surface area (Å²) >= 11 is 0. The number of ether oxygens (including phenoxy) is 1. The topological polar surface area (TPSA) is 29.5 Å². The number of halogens is 2. The summed E-state index contributed by atoms with van der Waals surface area (Å²) in [5.41, 5.74) is 0.305. The van der Waals surface area contributed by atoms with Crippen molar-refractivity contribution in [2.75, 3.05) is 13.1 Å². The molecule has 0 spiro atoms. The molecule has 0 atom stereocenters.